The van der Waals surface area contributed by atoms with E-state index in [4.69, 9.17) is 0 Å². The monoisotopic (exact) mass is 280 g/mol. The average Bonchev–Trinajstić information content (AvgIpc) is 2.81. The molecule has 0 atom stereocenters. The fourth-order valence-corrected chi connectivity index (χ4v) is 1.73. The number of nitrogens with one attached hydrogen (secondary N) is 1. The predicted octanol–water partition coefficient (Wildman–Crippen LogP) is 1.89. The summed E-state index contributed by atoms with van der Waals surface area (Å²) in [6.45, 7) is 10.6. The van der Waals surface area contributed by atoms with Gasteiger partial charge in [0.05, 0.1) is 12.0 Å². The molecular weight excluding hydrogens is 252 g/mol. The van der Waals surface area contributed by atoms with Gasteiger partial charge in [0.25, 0.3) is 0 Å². The van der Waals surface area contributed by atoms with E-state index in [1.54, 1.807) is 0 Å². The zero-order chi connectivity index (χ0) is 15.1. The lowest BCUT2D eigenvalue weighted by Crippen LogP contribution is -2.29. The Kier molecular flexibility index (Phi) is 6.71. The Morgan fingerprint density at radius 1 is 1.40 bits per heavy atom. The first-order valence-corrected chi connectivity index (χ1v) is 7.38. The molecule has 0 saturated heterocycles. The van der Waals surface area contributed by atoms with Crippen molar-refractivity contribution < 1.29 is 4.79 Å². The van der Waals surface area contributed by atoms with Crippen molar-refractivity contribution in [3.63, 3.8) is 0 Å². The molecule has 0 saturated carbocycles. The van der Waals surface area contributed by atoms with Crippen LogP contribution in [0.15, 0.2) is 12.5 Å². The van der Waals surface area contributed by atoms with Crippen LogP contribution in [0, 0.1) is 5.92 Å². The molecule has 20 heavy (non-hydrogen) atoms. The molecule has 5 nitrogen and oxygen atoms in total. The highest BCUT2D eigenvalue weighted by Gasteiger charge is 2.07. The van der Waals surface area contributed by atoms with Crippen LogP contribution in [0.4, 0.5) is 0 Å². The predicted molar refractivity (Wildman–Crippen MR) is 81.3 cm³/mol. The largest absolute Gasteiger partial charge is 0.356 e. The fraction of sp³-hybridized carbons (Fsp3) is 0.733. The highest BCUT2D eigenvalue weighted by atomic mass is 16.1. The maximum atomic E-state index is 11.4. The molecule has 0 radical (unpaired) electrons. The second kappa shape index (κ2) is 8.04. The molecule has 1 amide bonds. The highest BCUT2D eigenvalue weighted by molar-refractivity contribution is 5.77. The summed E-state index contributed by atoms with van der Waals surface area (Å²) in [4.78, 5) is 18.1. The van der Waals surface area contributed by atoms with E-state index in [9.17, 15) is 4.79 Å². The van der Waals surface area contributed by atoms with E-state index in [2.05, 4.69) is 46.9 Å². The lowest BCUT2D eigenvalue weighted by Gasteiger charge is -2.19. The van der Waals surface area contributed by atoms with Crippen molar-refractivity contribution in [1.29, 1.82) is 0 Å². The number of carbonyl (C=O) groups excluding carboxylic acids is 1. The molecule has 0 fully saturated rings. The molecule has 0 aliphatic rings. The summed E-state index contributed by atoms with van der Waals surface area (Å²) in [5.74, 6) is 0.177. The first kappa shape index (κ1) is 16.7. The molecule has 1 aromatic rings. The van der Waals surface area contributed by atoms with Crippen molar-refractivity contribution in [2.75, 3.05) is 13.6 Å². The number of imidazole rings is 1. The van der Waals surface area contributed by atoms with Gasteiger partial charge in [0.15, 0.2) is 0 Å². The van der Waals surface area contributed by atoms with E-state index in [1.165, 1.54) is 0 Å². The third-order valence-corrected chi connectivity index (χ3v) is 3.40. The minimum atomic E-state index is 0.0569. The summed E-state index contributed by atoms with van der Waals surface area (Å²) >= 11 is 0. The van der Waals surface area contributed by atoms with E-state index >= 15 is 0 Å². The zero-order valence-corrected chi connectivity index (χ0v) is 13.4. The van der Waals surface area contributed by atoms with Crippen LogP contribution in [-0.2, 0) is 17.9 Å². The molecule has 0 bridgehead atoms. The van der Waals surface area contributed by atoms with Crippen LogP contribution < -0.4 is 5.32 Å². The van der Waals surface area contributed by atoms with Crippen LogP contribution >= 0.6 is 0 Å². The van der Waals surface area contributed by atoms with Gasteiger partial charge in [-0.3, -0.25) is 9.69 Å². The number of hydrogen-bond acceptors (Lipinski definition) is 3. The highest BCUT2D eigenvalue weighted by Crippen LogP contribution is 2.04. The maximum Gasteiger partial charge on any atom is 0.222 e. The summed E-state index contributed by atoms with van der Waals surface area (Å²) in [5, 5.41) is 2.93. The minimum Gasteiger partial charge on any atom is -0.356 e. The van der Waals surface area contributed by atoms with Gasteiger partial charge in [-0.15, -0.1) is 0 Å². The Bertz CT molecular complexity index is 412. The second-order valence-corrected chi connectivity index (χ2v) is 5.91. The van der Waals surface area contributed by atoms with Gasteiger partial charge in [0.1, 0.15) is 0 Å². The van der Waals surface area contributed by atoms with E-state index in [-0.39, 0.29) is 11.8 Å². The van der Waals surface area contributed by atoms with Crippen LogP contribution in [0.5, 0.6) is 0 Å². The average molecular weight is 280 g/mol. The standard InChI is InChI=1S/C15H28N4O/c1-12(2)15(20)16-7-6-8-19-10-14(17-11-19)9-18(5)13(3)4/h10-13H,6-9H2,1-5H3,(H,16,20). The summed E-state index contributed by atoms with van der Waals surface area (Å²) in [5.41, 5.74) is 1.09. The molecule has 1 heterocycles. The molecular formula is C15H28N4O. The molecule has 1 aromatic heterocycles. The number of hydrogen-bond donors (Lipinski definition) is 1. The lowest BCUT2D eigenvalue weighted by atomic mass is 10.2. The second-order valence-electron chi connectivity index (χ2n) is 5.91. The van der Waals surface area contributed by atoms with Gasteiger partial charge < -0.3 is 9.88 Å². The third-order valence-electron chi connectivity index (χ3n) is 3.40. The van der Waals surface area contributed by atoms with E-state index < -0.39 is 0 Å². The summed E-state index contributed by atoms with van der Waals surface area (Å²) in [6.07, 6.45) is 4.88. The Labute approximate surface area is 122 Å². The number of amides is 1. The fourth-order valence-electron chi connectivity index (χ4n) is 1.73. The molecule has 5 heteroatoms. The quantitative estimate of drug-likeness (QED) is 0.740. The number of aryl methyl sites for hydroxylation is 1. The van der Waals surface area contributed by atoms with Crippen molar-refractivity contribution in [3.05, 3.63) is 18.2 Å². The van der Waals surface area contributed by atoms with Crippen molar-refractivity contribution >= 4 is 5.91 Å². The smallest absolute Gasteiger partial charge is 0.222 e. The van der Waals surface area contributed by atoms with Crippen molar-refractivity contribution in [2.45, 2.75) is 53.2 Å². The number of carbonyl (C=O) groups is 1. The number of aromatic nitrogens is 2. The zero-order valence-electron chi connectivity index (χ0n) is 13.4. The van der Waals surface area contributed by atoms with E-state index in [1.807, 2.05) is 20.2 Å². The molecule has 1 N–H and O–H groups in total. The van der Waals surface area contributed by atoms with Gasteiger partial charge in [-0.2, -0.15) is 0 Å². The SMILES string of the molecule is CC(C)C(=O)NCCCn1cnc(CN(C)C(C)C)c1. The Morgan fingerprint density at radius 2 is 2.10 bits per heavy atom. The molecule has 0 aliphatic heterocycles. The van der Waals surface area contributed by atoms with E-state index in [0.717, 1.165) is 31.7 Å². The van der Waals surface area contributed by atoms with Crippen LogP contribution in [0.3, 0.4) is 0 Å². The summed E-state index contributed by atoms with van der Waals surface area (Å²) in [6, 6.07) is 0.520. The first-order valence-electron chi connectivity index (χ1n) is 7.38. The van der Waals surface area contributed by atoms with Crippen molar-refractivity contribution in [1.82, 2.24) is 19.8 Å². The van der Waals surface area contributed by atoms with Crippen LogP contribution in [0.25, 0.3) is 0 Å². The van der Waals surface area contributed by atoms with Crippen molar-refractivity contribution in [2.24, 2.45) is 5.92 Å². The van der Waals surface area contributed by atoms with Crippen LogP contribution in [-0.4, -0.2) is 40.0 Å². The topological polar surface area (TPSA) is 50.2 Å². The van der Waals surface area contributed by atoms with Gasteiger partial charge in [0.2, 0.25) is 5.91 Å². The molecule has 1 rings (SSSR count). The third kappa shape index (κ3) is 5.74. The van der Waals surface area contributed by atoms with Gasteiger partial charge in [-0.05, 0) is 27.3 Å². The Morgan fingerprint density at radius 3 is 2.70 bits per heavy atom. The number of nitrogens with zero attached hydrogens (tertiary/aromatic N) is 3. The van der Waals surface area contributed by atoms with Gasteiger partial charge in [-0.1, -0.05) is 13.8 Å². The van der Waals surface area contributed by atoms with Gasteiger partial charge in [-0.25, -0.2) is 4.98 Å². The molecule has 0 unspecified atom stereocenters. The Balaban J connectivity index is 2.29. The number of rotatable bonds is 8. The Hall–Kier alpha value is -1.36. The molecule has 0 aliphatic carbocycles. The summed E-state index contributed by atoms with van der Waals surface area (Å²) in [7, 11) is 2.10. The first-order chi connectivity index (χ1) is 9.40. The normalized spacial score (nSPS) is 11.6. The van der Waals surface area contributed by atoms with Crippen molar-refractivity contribution in [3.8, 4) is 0 Å². The lowest BCUT2D eigenvalue weighted by molar-refractivity contribution is -0.123. The molecule has 0 aromatic carbocycles. The van der Waals surface area contributed by atoms with Crippen LogP contribution in [0.2, 0.25) is 0 Å². The van der Waals surface area contributed by atoms with Gasteiger partial charge >= 0.3 is 0 Å². The van der Waals surface area contributed by atoms with Crippen LogP contribution in [0.1, 0.15) is 39.8 Å². The minimum absolute atomic E-state index is 0.0569. The van der Waals surface area contributed by atoms with Gasteiger partial charge in [0, 0.05) is 37.8 Å². The maximum absolute atomic E-state index is 11.4. The molecule has 0 spiro atoms. The van der Waals surface area contributed by atoms with E-state index in [0.29, 0.717) is 6.04 Å². The molecule has 114 valence electrons. The summed E-state index contributed by atoms with van der Waals surface area (Å²) < 4.78 is 2.09.